The molecule has 0 aromatic carbocycles. The SMILES string of the molecule is O=C(NCC1(CO)COC1)c1c(-n2cccc2)sc2c1CCC2. The highest BCUT2D eigenvalue weighted by atomic mass is 32.1. The van der Waals surface area contributed by atoms with Crippen molar-refractivity contribution in [1.29, 1.82) is 0 Å². The third kappa shape index (κ3) is 2.51. The molecule has 2 aliphatic rings. The molecular formula is C17H20N2O3S. The molecule has 0 unspecified atom stereocenters. The van der Waals surface area contributed by atoms with Gasteiger partial charge in [-0.05, 0) is 37.0 Å². The molecule has 6 heteroatoms. The van der Waals surface area contributed by atoms with Gasteiger partial charge in [0, 0.05) is 23.8 Å². The van der Waals surface area contributed by atoms with E-state index in [4.69, 9.17) is 4.74 Å². The van der Waals surface area contributed by atoms with Gasteiger partial charge in [-0.2, -0.15) is 0 Å². The number of ether oxygens (including phenoxy) is 1. The first-order chi connectivity index (χ1) is 11.2. The van der Waals surface area contributed by atoms with Crippen LogP contribution in [-0.2, 0) is 17.6 Å². The fourth-order valence-electron chi connectivity index (χ4n) is 3.27. The maximum Gasteiger partial charge on any atom is 0.254 e. The van der Waals surface area contributed by atoms with Crippen LogP contribution in [-0.4, -0.2) is 41.9 Å². The number of aliphatic hydroxyl groups excluding tert-OH is 1. The van der Waals surface area contributed by atoms with Crippen LogP contribution in [0.5, 0.6) is 0 Å². The molecule has 122 valence electrons. The fraction of sp³-hybridized carbons (Fsp3) is 0.471. The average molecular weight is 332 g/mol. The van der Waals surface area contributed by atoms with Crippen LogP contribution < -0.4 is 5.32 Å². The van der Waals surface area contributed by atoms with Gasteiger partial charge in [0.05, 0.1) is 30.8 Å². The first kappa shape index (κ1) is 14.9. The highest BCUT2D eigenvalue weighted by Gasteiger charge is 2.39. The first-order valence-electron chi connectivity index (χ1n) is 7.97. The molecule has 0 saturated carbocycles. The summed E-state index contributed by atoms with van der Waals surface area (Å²) >= 11 is 1.72. The van der Waals surface area contributed by atoms with E-state index in [0.717, 1.165) is 29.8 Å². The minimum atomic E-state index is -0.303. The molecule has 0 bridgehead atoms. The van der Waals surface area contributed by atoms with Gasteiger partial charge in [0.25, 0.3) is 5.91 Å². The molecule has 1 amide bonds. The van der Waals surface area contributed by atoms with E-state index in [0.29, 0.717) is 19.8 Å². The lowest BCUT2D eigenvalue weighted by Crippen LogP contribution is -2.53. The summed E-state index contributed by atoms with van der Waals surface area (Å²) in [6.45, 7) is 1.52. The maximum atomic E-state index is 12.8. The monoisotopic (exact) mass is 332 g/mol. The van der Waals surface area contributed by atoms with Crippen molar-refractivity contribution in [2.24, 2.45) is 5.41 Å². The summed E-state index contributed by atoms with van der Waals surface area (Å²) in [5.74, 6) is -0.0344. The molecule has 23 heavy (non-hydrogen) atoms. The fourth-order valence-corrected chi connectivity index (χ4v) is 4.62. The number of hydrogen-bond acceptors (Lipinski definition) is 4. The highest BCUT2D eigenvalue weighted by molar-refractivity contribution is 7.15. The van der Waals surface area contributed by atoms with E-state index in [1.54, 1.807) is 11.3 Å². The van der Waals surface area contributed by atoms with Gasteiger partial charge < -0.3 is 19.7 Å². The van der Waals surface area contributed by atoms with Crippen molar-refractivity contribution in [2.45, 2.75) is 19.3 Å². The largest absolute Gasteiger partial charge is 0.396 e. The van der Waals surface area contributed by atoms with Crippen LogP contribution in [0.3, 0.4) is 0 Å². The Labute approximate surface area is 138 Å². The standard InChI is InChI=1S/C17H20N2O3S/c20-9-17(10-22-11-17)8-18-15(21)14-12-4-3-5-13(12)23-16(14)19-6-1-2-7-19/h1-2,6-7,20H,3-5,8-11H2,(H,18,21). The summed E-state index contributed by atoms with van der Waals surface area (Å²) in [6.07, 6.45) is 7.13. The zero-order chi connectivity index (χ0) is 15.9. The summed E-state index contributed by atoms with van der Waals surface area (Å²) in [5, 5.41) is 13.5. The van der Waals surface area contributed by atoms with E-state index in [9.17, 15) is 9.90 Å². The van der Waals surface area contributed by atoms with E-state index >= 15 is 0 Å². The number of carbonyl (C=O) groups is 1. The second kappa shape index (κ2) is 5.78. The maximum absolute atomic E-state index is 12.8. The van der Waals surface area contributed by atoms with Gasteiger partial charge in [0.15, 0.2) is 0 Å². The lowest BCUT2D eigenvalue weighted by atomic mass is 9.87. The Kier molecular flexibility index (Phi) is 3.75. The van der Waals surface area contributed by atoms with Crippen molar-refractivity contribution in [3.63, 3.8) is 0 Å². The molecule has 1 aliphatic carbocycles. The molecule has 0 spiro atoms. The molecule has 0 radical (unpaired) electrons. The van der Waals surface area contributed by atoms with Crippen molar-refractivity contribution in [3.05, 3.63) is 40.5 Å². The Hall–Kier alpha value is -1.63. The Bertz CT molecular complexity index is 711. The Balaban J connectivity index is 1.61. The molecule has 4 rings (SSSR count). The molecule has 0 atom stereocenters. The summed E-state index contributed by atoms with van der Waals surface area (Å²) in [6, 6.07) is 3.94. The van der Waals surface area contributed by atoms with Crippen LogP contribution in [0.15, 0.2) is 24.5 Å². The average Bonchev–Trinajstić information content (AvgIpc) is 3.22. The van der Waals surface area contributed by atoms with Crippen LogP contribution in [0.2, 0.25) is 0 Å². The number of aromatic nitrogens is 1. The van der Waals surface area contributed by atoms with E-state index in [2.05, 4.69) is 5.32 Å². The molecule has 1 fully saturated rings. The van der Waals surface area contributed by atoms with E-state index in [1.807, 2.05) is 29.1 Å². The predicted octanol–water partition coefficient (Wildman–Crippen LogP) is 1.77. The molecular weight excluding hydrogens is 312 g/mol. The molecule has 2 N–H and O–H groups in total. The number of aryl methyl sites for hydroxylation is 1. The number of aliphatic hydroxyl groups is 1. The summed E-state index contributed by atoms with van der Waals surface area (Å²) < 4.78 is 7.22. The van der Waals surface area contributed by atoms with Gasteiger partial charge in [-0.3, -0.25) is 4.79 Å². The predicted molar refractivity (Wildman–Crippen MR) is 88.3 cm³/mol. The van der Waals surface area contributed by atoms with Gasteiger partial charge >= 0.3 is 0 Å². The Morgan fingerprint density at radius 3 is 2.78 bits per heavy atom. The number of nitrogens with zero attached hydrogens (tertiary/aromatic N) is 1. The molecule has 1 saturated heterocycles. The summed E-state index contributed by atoms with van der Waals surface area (Å²) in [5.41, 5.74) is 1.72. The van der Waals surface area contributed by atoms with Gasteiger partial charge in [-0.25, -0.2) is 0 Å². The first-order valence-corrected chi connectivity index (χ1v) is 8.79. The van der Waals surface area contributed by atoms with Crippen molar-refractivity contribution in [2.75, 3.05) is 26.4 Å². The number of carbonyl (C=O) groups excluding carboxylic acids is 1. The lowest BCUT2D eigenvalue weighted by Gasteiger charge is -2.39. The number of fused-ring (bicyclic) bond motifs is 1. The third-order valence-corrected chi connectivity index (χ3v) is 6.05. The van der Waals surface area contributed by atoms with Gasteiger partial charge in [0.2, 0.25) is 0 Å². The normalized spacial score (nSPS) is 18.5. The van der Waals surface area contributed by atoms with Gasteiger partial charge in [0.1, 0.15) is 5.00 Å². The zero-order valence-electron chi connectivity index (χ0n) is 12.9. The van der Waals surface area contributed by atoms with Gasteiger partial charge in [-0.15, -0.1) is 11.3 Å². The van der Waals surface area contributed by atoms with Crippen LogP contribution in [0.25, 0.3) is 5.00 Å². The minimum Gasteiger partial charge on any atom is -0.396 e. The molecule has 2 aromatic rings. The van der Waals surface area contributed by atoms with E-state index in [1.165, 1.54) is 10.4 Å². The van der Waals surface area contributed by atoms with Crippen molar-refractivity contribution in [3.8, 4) is 5.00 Å². The summed E-state index contributed by atoms with van der Waals surface area (Å²) in [7, 11) is 0. The number of rotatable bonds is 5. The number of amides is 1. The third-order valence-electron chi connectivity index (χ3n) is 4.74. The minimum absolute atomic E-state index is 0.0344. The second-order valence-corrected chi connectivity index (χ2v) is 7.55. The van der Waals surface area contributed by atoms with Gasteiger partial charge in [-0.1, -0.05) is 0 Å². The Morgan fingerprint density at radius 2 is 2.13 bits per heavy atom. The molecule has 1 aliphatic heterocycles. The van der Waals surface area contributed by atoms with E-state index in [-0.39, 0.29) is 17.9 Å². The van der Waals surface area contributed by atoms with E-state index < -0.39 is 0 Å². The smallest absolute Gasteiger partial charge is 0.254 e. The number of hydrogen-bond donors (Lipinski definition) is 2. The van der Waals surface area contributed by atoms with Crippen LogP contribution >= 0.6 is 11.3 Å². The van der Waals surface area contributed by atoms with Crippen molar-refractivity contribution >= 4 is 17.2 Å². The van der Waals surface area contributed by atoms with Crippen LogP contribution in [0.1, 0.15) is 27.2 Å². The zero-order valence-corrected chi connectivity index (χ0v) is 13.7. The van der Waals surface area contributed by atoms with Crippen LogP contribution in [0, 0.1) is 5.41 Å². The second-order valence-electron chi connectivity index (χ2n) is 6.46. The number of nitrogens with one attached hydrogen (secondary N) is 1. The summed E-state index contributed by atoms with van der Waals surface area (Å²) in [4.78, 5) is 14.2. The molecule has 5 nitrogen and oxygen atoms in total. The highest BCUT2D eigenvalue weighted by Crippen LogP contribution is 2.38. The quantitative estimate of drug-likeness (QED) is 0.877. The van der Waals surface area contributed by atoms with Crippen LogP contribution in [0.4, 0.5) is 0 Å². The van der Waals surface area contributed by atoms with Crippen molar-refractivity contribution < 1.29 is 14.6 Å². The molecule has 2 aromatic heterocycles. The number of thiophene rings is 1. The van der Waals surface area contributed by atoms with Crippen molar-refractivity contribution in [1.82, 2.24) is 9.88 Å². The molecule has 3 heterocycles. The Morgan fingerprint density at radius 1 is 1.35 bits per heavy atom. The topological polar surface area (TPSA) is 63.5 Å². The lowest BCUT2D eigenvalue weighted by molar-refractivity contribution is -0.133.